The first kappa shape index (κ1) is 19.8. The molecule has 29 heavy (non-hydrogen) atoms. The predicted octanol–water partition coefficient (Wildman–Crippen LogP) is 2.46. The van der Waals surface area contributed by atoms with Crippen molar-refractivity contribution in [3.05, 3.63) is 41.7 Å². The molecule has 1 unspecified atom stereocenters. The van der Waals surface area contributed by atoms with Gasteiger partial charge in [-0.3, -0.25) is 0 Å². The maximum Gasteiger partial charge on any atom is 0.410 e. The van der Waals surface area contributed by atoms with Crippen molar-refractivity contribution >= 4 is 6.09 Å². The Hall–Kier alpha value is -2.48. The first-order valence-corrected chi connectivity index (χ1v) is 10.5. The highest BCUT2D eigenvalue weighted by Gasteiger charge is 2.46. The molecule has 1 spiro atoms. The predicted molar refractivity (Wildman–Crippen MR) is 108 cm³/mol. The van der Waals surface area contributed by atoms with Crippen LogP contribution < -0.4 is 0 Å². The quantitative estimate of drug-likeness (QED) is 0.713. The number of hydrogen-bond donors (Lipinski definition) is 0. The molecule has 1 amide bonds. The summed E-state index contributed by atoms with van der Waals surface area (Å²) in [5.74, 6) is 1.15. The summed E-state index contributed by atoms with van der Waals surface area (Å²) >= 11 is 0. The van der Waals surface area contributed by atoms with Crippen LogP contribution in [0.2, 0.25) is 0 Å². The molecule has 1 aromatic heterocycles. The van der Waals surface area contributed by atoms with Crippen molar-refractivity contribution in [3.63, 3.8) is 0 Å². The van der Waals surface area contributed by atoms with Crippen LogP contribution in [0.4, 0.5) is 4.79 Å². The van der Waals surface area contributed by atoms with Gasteiger partial charge in [-0.2, -0.15) is 0 Å². The number of nitrogens with zero attached hydrogens (tertiary/aromatic N) is 6. The fourth-order valence-electron chi connectivity index (χ4n) is 4.40. The molecule has 156 valence electrons. The van der Waals surface area contributed by atoms with E-state index in [-0.39, 0.29) is 11.7 Å². The molecule has 3 heterocycles. The van der Waals surface area contributed by atoms with Gasteiger partial charge in [0.1, 0.15) is 11.4 Å². The van der Waals surface area contributed by atoms with Gasteiger partial charge < -0.3 is 14.5 Å². The average Bonchev–Trinajstić information content (AvgIpc) is 3.27. The number of tetrazole rings is 1. The maximum absolute atomic E-state index is 12.5. The highest BCUT2D eigenvalue weighted by Crippen LogP contribution is 2.34. The van der Waals surface area contributed by atoms with Gasteiger partial charge in [-0.15, -0.1) is 5.10 Å². The SMILES string of the molecule is Cc1nnnn1CCCN1CCC2(CC1)CN(CC(C)c1ccccc1)C(=O)O2. The van der Waals surface area contributed by atoms with Gasteiger partial charge in [0.15, 0.2) is 0 Å². The topological polar surface area (TPSA) is 76.4 Å². The molecule has 0 radical (unpaired) electrons. The lowest BCUT2D eigenvalue weighted by Gasteiger charge is -2.37. The Morgan fingerprint density at radius 1 is 1.17 bits per heavy atom. The van der Waals surface area contributed by atoms with Crippen LogP contribution in [0, 0.1) is 6.92 Å². The van der Waals surface area contributed by atoms with Gasteiger partial charge in [0.05, 0.1) is 6.54 Å². The zero-order valence-electron chi connectivity index (χ0n) is 17.3. The number of likely N-dealkylation sites (tertiary alicyclic amines) is 1. The van der Waals surface area contributed by atoms with E-state index in [4.69, 9.17) is 4.74 Å². The molecule has 2 aliphatic heterocycles. The third-order valence-electron chi connectivity index (χ3n) is 6.23. The van der Waals surface area contributed by atoms with Crippen molar-refractivity contribution in [3.8, 4) is 0 Å². The van der Waals surface area contributed by atoms with Crippen LogP contribution in [0.15, 0.2) is 30.3 Å². The summed E-state index contributed by atoms with van der Waals surface area (Å²) in [6.45, 7) is 9.28. The van der Waals surface area contributed by atoms with E-state index in [1.165, 1.54) is 5.56 Å². The fraction of sp³-hybridized carbons (Fsp3) is 0.619. The first-order valence-electron chi connectivity index (χ1n) is 10.5. The highest BCUT2D eigenvalue weighted by atomic mass is 16.6. The number of carbonyl (C=O) groups excluding carboxylic acids is 1. The number of piperidine rings is 1. The van der Waals surface area contributed by atoms with Gasteiger partial charge in [0.25, 0.3) is 0 Å². The Labute approximate surface area is 171 Å². The lowest BCUT2D eigenvalue weighted by Crippen LogP contribution is -2.47. The summed E-state index contributed by atoms with van der Waals surface area (Å²) in [6.07, 6.45) is 2.66. The minimum atomic E-state index is -0.309. The summed E-state index contributed by atoms with van der Waals surface area (Å²) in [7, 11) is 0. The van der Waals surface area contributed by atoms with Crippen LogP contribution in [0.3, 0.4) is 0 Å². The van der Waals surface area contributed by atoms with E-state index in [1.807, 2.05) is 34.7 Å². The van der Waals surface area contributed by atoms with E-state index in [1.54, 1.807) is 0 Å². The van der Waals surface area contributed by atoms with E-state index >= 15 is 0 Å². The average molecular weight is 399 g/mol. The first-order chi connectivity index (χ1) is 14.0. The molecule has 1 atom stereocenters. The summed E-state index contributed by atoms with van der Waals surface area (Å²) in [4.78, 5) is 16.8. The second-order valence-electron chi connectivity index (χ2n) is 8.39. The van der Waals surface area contributed by atoms with Crippen molar-refractivity contribution in [1.29, 1.82) is 0 Å². The second-order valence-corrected chi connectivity index (χ2v) is 8.39. The van der Waals surface area contributed by atoms with Crippen LogP contribution in [0.25, 0.3) is 0 Å². The Kier molecular flexibility index (Phi) is 5.80. The summed E-state index contributed by atoms with van der Waals surface area (Å²) in [6, 6.07) is 10.4. The van der Waals surface area contributed by atoms with Gasteiger partial charge in [0.2, 0.25) is 0 Å². The van der Waals surface area contributed by atoms with Gasteiger partial charge in [-0.25, -0.2) is 9.48 Å². The van der Waals surface area contributed by atoms with Crippen molar-refractivity contribution in [2.75, 3.05) is 32.7 Å². The van der Waals surface area contributed by atoms with Crippen molar-refractivity contribution in [2.45, 2.75) is 51.2 Å². The molecule has 0 aliphatic carbocycles. The second kappa shape index (κ2) is 8.49. The van der Waals surface area contributed by atoms with E-state index in [0.29, 0.717) is 19.0 Å². The lowest BCUT2D eigenvalue weighted by molar-refractivity contribution is 0.000266. The third kappa shape index (κ3) is 4.58. The number of aryl methyl sites for hydroxylation is 2. The number of hydrogen-bond acceptors (Lipinski definition) is 6. The van der Waals surface area contributed by atoms with E-state index in [9.17, 15) is 4.79 Å². The summed E-state index contributed by atoms with van der Waals surface area (Å²) < 4.78 is 7.74. The largest absolute Gasteiger partial charge is 0.441 e. The molecule has 0 N–H and O–H groups in total. The molecule has 8 nitrogen and oxygen atoms in total. The molecule has 8 heteroatoms. The van der Waals surface area contributed by atoms with Crippen LogP contribution in [-0.4, -0.2) is 74.4 Å². The molecule has 0 saturated carbocycles. The maximum atomic E-state index is 12.5. The lowest BCUT2D eigenvalue weighted by atomic mass is 9.91. The molecule has 2 aliphatic rings. The van der Waals surface area contributed by atoms with Crippen molar-refractivity contribution in [1.82, 2.24) is 30.0 Å². The fourth-order valence-corrected chi connectivity index (χ4v) is 4.40. The molecule has 2 aromatic rings. The number of benzene rings is 1. The van der Waals surface area contributed by atoms with Crippen LogP contribution >= 0.6 is 0 Å². The minimum absolute atomic E-state index is 0.157. The van der Waals surface area contributed by atoms with Gasteiger partial charge in [-0.05, 0) is 41.8 Å². The molecule has 1 aromatic carbocycles. The van der Waals surface area contributed by atoms with Crippen molar-refractivity contribution in [2.24, 2.45) is 0 Å². The third-order valence-corrected chi connectivity index (χ3v) is 6.23. The molecule has 2 saturated heterocycles. The molecular formula is C21H30N6O2. The number of aromatic nitrogens is 4. The van der Waals surface area contributed by atoms with E-state index in [0.717, 1.165) is 51.3 Å². The zero-order chi connectivity index (χ0) is 20.3. The van der Waals surface area contributed by atoms with Gasteiger partial charge in [-0.1, -0.05) is 37.3 Å². The smallest absolute Gasteiger partial charge is 0.410 e. The van der Waals surface area contributed by atoms with Crippen LogP contribution in [0.5, 0.6) is 0 Å². The number of carbonyl (C=O) groups is 1. The van der Waals surface area contributed by atoms with Gasteiger partial charge >= 0.3 is 6.09 Å². The molecule has 2 fully saturated rings. The Morgan fingerprint density at radius 2 is 1.93 bits per heavy atom. The molecular weight excluding hydrogens is 368 g/mol. The van der Waals surface area contributed by atoms with Gasteiger partial charge in [0, 0.05) is 39.0 Å². The van der Waals surface area contributed by atoms with Crippen LogP contribution in [-0.2, 0) is 11.3 Å². The monoisotopic (exact) mass is 398 g/mol. The van der Waals surface area contributed by atoms with E-state index in [2.05, 4.69) is 39.5 Å². The molecule has 0 bridgehead atoms. The summed E-state index contributed by atoms with van der Waals surface area (Å²) in [5, 5.41) is 11.6. The number of rotatable bonds is 7. The van der Waals surface area contributed by atoms with Crippen molar-refractivity contribution < 1.29 is 9.53 Å². The Bertz CT molecular complexity index is 816. The molecule has 4 rings (SSSR count). The summed E-state index contributed by atoms with van der Waals surface area (Å²) in [5.41, 5.74) is 0.949. The van der Waals surface area contributed by atoms with E-state index < -0.39 is 0 Å². The minimum Gasteiger partial charge on any atom is -0.441 e. The Morgan fingerprint density at radius 3 is 2.62 bits per heavy atom. The normalized spacial score (nSPS) is 20.2. The Balaban J connectivity index is 1.24. The highest BCUT2D eigenvalue weighted by molar-refractivity contribution is 5.70. The van der Waals surface area contributed by atoms with Crippen LogP contribution in [0.1, 0.15) is 43.5 Å². The zero-order valence-corrected chi connectivity index (χ0v) is 17.3. The number of ether oxygens (including phenoxy) is 1. The number of amides is 1. The standard InChI is InChI=1S/C21H30N6O2/c1-17(19-7-4-3-5-8-19)15-26-16-21(29-20(26)28)9-13-25(14-10-21)11-6-12-27-18(2)22-23-24-27/h3-5,7-8,17H,6,9-16H2,1-2H3.